The van der Waals surface area contributed by atoms with Crippen LogP contribution in [0.15, 0.2) is 17.5 Å². The fraction of sp³-hybridized carbons (Fsp3) is 0.429. The van der Waals surface area contributed by atoms with E-state index in [4.69, 9.17) is 0 Å². The lowest BCUT2D eigenvalue weighted by Gasteiger charge is -2.03. The van der Waals surface area contributed by atoms with Crippen molar-refractivity contribution in [3.8, 4) is 10.6 Å². The maximum Gasteiger partial charge on any atom is 0.225 e. The van der Waals surface area contributed by atoms with Crippen molar-refractivity contribution in [2.75, 3.05) is 6.54 Å². The third-order valence-corrected chi connectivity index (χ3v) is 4.58. The van der Waals surface area contributed by atoms with Crippen molar-refractivity contribution in [1.29, 1.82) is 0 Å². The van der Waals surface area contributed by atoms with E-state index in [-0.39, 0.29) is 5.91 Å². The molecule has 0 atom stereocenters. The molecule has 2 aromatic rings. The van der Waals surface area contributed by atoms with Gasteiger partial charge in [0.15, 0.2) is 0 Å². The SMILES string of the molecule is CCCCNC(=O)Cc1sc(C)nc1-c1cccs1. The highest BCUT2D eigenvalue weighted by molar-refractivity contribution is 7.15. The van der Waals surface area contributed by atoms with E-state index in [0.29, 0.717) is 6.42 Å². The number of unbranched alkanes of at least 4 members (excludes halogenated alkanes) is 1. The number of carbonyl (C=O) groups is 1. The molecule has 2 rings (SSSR count). The molecule has 5 heteroatoms. The molecular formula is C14H18N2OS2. The summed E-state index contributed by atoms with van der Waals surface area (Å²) in [6.45, 7) is 4.87. The Balaban J connectivity index is 2.06. The first-order valence-corrected chi connectivity index (χ1v) is 8.17. The molecule has 3 nitrogen and oxygen atoms in total. The Bertz CT molecular complexity index is 532. The van der Waals surface area contributed by atoms with E-state index in [1.54, 1.807) is 22.7 Å². The van der Waals surface area contributed by atoms with Crippen LogP contribution >= 0.6 is 22.7 Å². The summed E-state index contributed by atoms with van der Waals surface area (Å²) in [5, 5.41) is 6.01. The van der Waals surface area contributed by atoms with Gasteiger partial charge in [-0.3, -0.25) is 4.79 Å². The number of nitrogens with zero attached hydrogens (tertiary/aromatic N) is 1. The molecule has 0 aliphatic carbocycles. The molecule has 0 saturated heterocycles. The lowest BCUT2D eigenvalue weighted by Crippen LogP contribution is -2.25. The first-order valence-electron chi connectivity index (χ1n) is 6.47. The lowest BCUT2D eigenvalue weighted by molar-refractivity contribution is -0.120. The highest BCUT2D eigenvalue weighted by atomic mass is 32.1. The molecule has 0 aliphatic heterocycles. The van der Waals surface area contributed by atoms with Crippen molar-refractivity contribution in [1.82, 2.24) is 10.3 Å². The molecule has 2 heterocycles. The van der Waals surface area contributed by atoms with Crippen molar-refractivity contribution in [2.24, 2.45) is 0 Å². The molecule has 0 aromatic carbocycles. The molecule has 0 fully saturated rings. The first-order chi connectivity index (χ1) is 9.20. The van der Waals surface area contributed by atoms with E-state index in [1.807, 2.05) is 18.4 Å². The molecule has 0 aliphatic rings. The number of thiazole rings is 1. The largest absolute Gasteiger partial charge is 0.356 e. The maximum absolute atomic E-state index is 11.9. The Morgan fingerprint density at radius 2 is 2.32 bits per heavy atom. The third kappa shape index (κ3) is 3.88. The normalized spacial score (nSPS) is 10.6. The number of nitrogens with one attached hydrogen (secondary N) is 1. The summed E-state index contributed by atoms with van der Waals surface area (Å²) >= 11 is 3.28. The zero-order valence-corrected chi connectivity index (χ0v) is 12.9. The minimum absolute atomic E-state index is 0.0925. The van der Waals surface area contributed by atoms with Crippen LogP contribution in [0.3, 0.4) is 0 Å². The van der Waals surface area contributed by atoms with Gasteiger partial charge in [0.2, 0.25) is 5.91 Å². The number of thiophene rings is 1. The Morgan fingerprint density at radius 3 is 3.00 bits per heavy atom. The van der Waals surface area contributed by atoms with Crippen LogP contribution in [0.4, 0.5) is 0 Å². The smallest absolute Gasteiger partial charge is 0.225 e. The third-order valence-electron chi connectivity index (χ3n) is 2.73. The highest BCUT2D eigenvalue weighted by Gasteiger charge is 2.15. The Kier molecular flexibility index (Phi) is 5.10. The zero-order valence-electron chi connectivity index (χ0n) is 11.2. The van der Waals surface area contributed by atoms with Crippen molar-refractivity contribution in [3.63, 3.8) is 0 Å². The number of carbonyl (C=O) groups excluding carboxylic acids is 1. The van der Waals surface area contributed by atoms with Crippen LogP contribution in [-0.2, 0) is 11.2 Å². The Morgan fingerprint density at radius 1 is 1.47 bits per heavy atom. The van der Waals surface area contributed by atoms with Crippen LogP contribution in [0.1, 0.15) is 29.7 Å². The van der Waals surface area contributed by atoms with Gasteiger partial charge in [-0.2, -0.15) is 0 Å². The molecule has 0 unspecified atom stereocenters. The predicted molar refractivity (Wildman–Crippen MR) is 81.8 cm³/mol. The number of hydrogen-bond acceptors (Lipinski definition) is 4. The standard InChI is InChI=1S/C14H18N2OS2/c1-3-4-7-15-13(17)9-12-14(16-10(2)19-12)11-6-5-8-18-11/h5-6,8H,3-4,7,9H2,1-2H3,(H,15,17). The summed E-state index contributed by atoms with van der Waals surface area (Å²) < 4.78 is 0. The summed E-state index contributed by atoms with van der Waals surface area (Å²) in [5.41, 5.74) is 0.975. The van der Waals surface area contributed by atoms with Gasteiger partial charge in [-0.15, -0.1) is 22.7 Å². The Labute approximate surface area is 121 Å². The van der Waals surface area contributed by atoms with Gasteiger partial charge >= 0.3 is 0 Å². The average Bonchev–Trinajstić information content (AvgIpc) is 2.99. The second-order valence-electron chi connectivity index (χ2n) is 4.36. The molecule has 19 heavy (non-hydrogen) atoms. The van der Waals surface area contributed by atoms with Gasteiger partial charge in [-0.05, 0) is 24.8 Å². The quantitative estimate of drug-likeness (QED) is 0.826. The van der Waals surface area contributed by atoms with Crippen LogP contribution in [0.2, 0.25) is 0 Å². The van der Waals surface area contributed by atoms with Gasteiger partial charge in [0.05, 0.1) is 22.0 Å². The second kappa shape index (κ2) is 6.82. The van der Waals surface area contributed by atoms with Crippen LogP contribution < -0.4 is 5.32 Å². The van der Waals surface area contributed by atoms with Gasteiger partial charge in [0, 0.05) is 11.4 Å². The van der Waals surface area contributed by atoms with E-state index >= 15 is 0 Å². The lowest BCUT2D eigenvalue weighted by atomic mass is 10.2. The van der Waals surface area contributed by atoms with Crippen molar-refractivity contribution in [3.05, 3.63) is 27.4 Å². The maximum atomic E-state index is 11.9. The molecule has 1 amide bonds. The second-order valence-corrected chi connectivity index (χ2v) is 6.60. The van der Waals surface area contributed by atoms with Crippen LogP contribution in [0.5, 0.6) is 0 Å². The number of amides is 1. The van der Waals surface area contributed by atoms with E-state index in [0.717, 1.165) is 39.8 Å². The van der Waals surface area contributed by atoms with Crippen molar-refractivity contribution in [2.45, 2.75) is 33.1 Å². The number of hydrogen-bond donors (Lipinski definition) is 1. The van der Waals surface area contributed by atoms with E-state index in [2.05, 4.69) is 23.3 Å². The fourth-order valence-corrected chi connectivity index (χ4v) is 3.56. The molecular weight excluding hydrogens is 276 g/mol. The molecule has 1 N–H and O–H groups in total. The molecule has 2 aromatic heterocycles. The fourth-order valence-electron chi connectivity index (χ4n) is 1.81. The van der Waals surface area contributed by atoms with Crippen LogP contribution in [0.25, 0.3) is 10.6 Å². The minimum atomic E-state index is 0.0925. The predicted octanol–water partition coefficient (Wildman–Crippen LogP) is 3.64. The molecule has 102 valence electrons. The van der Waals surface area contributed by atoms with Crippen LogP contribution in [0, 0.1) is 6.92 Å². The van der Waals surface area contributed by atoms with Crippen molar-refractivity contribution >= 4 is 28.6 Å². The Hall–Kier alpha value is -1.20. The monoisotopic (exact) mass is 294 g/mol. The summed E-state index contributed by atoms with van der Waals surface area (Å²) in [6, 6.07) is 4.07. The summed E-state index contributed by atoms with van der Waals surface area (Å²) in [6.07, 6.45) is 2.56. The number of aromatic nitrogens is 1. The van der Waals surface area contributed by atoms with E-state index in [1.165, 1.54) is 0 Å². The average molecular weight is 294 g/mol. The zero-order chi connectivity index (χ0) is 13.7. The molecule has 0 spiro atoms. The first kappa shape index (κ1) is 14.2. The molecule has 0 bridgehead atoms. The van der Waals surface area contributed by atoms with E-state index in [9.17, 15) is 4.79 Å². The molecule has 0 saturated carbocycles. The summed E-state index contributed by atoms with van der Waals surface area (Å²) in [7, 11) is 0. The summed E-state index contributed by atoms with van der Waals surface area (Å²) in [4.78, 5) is 18.6. The van der Waals surface area contributed by atoms with Gasteiger partial charge in [0.1, 0.15) is 0 Å². The highest BCUT2D eigenvalue weighted by Crippen LogP contribution is 2.31. The summed E-state index contributed by atoms with van der Waals surface area (Å²) in [5.74, 6) is 0.0925. The van der Waals surface area contributed by atoms with Gasteiger partial charge in [-0.25, -0.2) is 4.98 Å². The van der Waals surface area contributed by atoms with Gasteiger partial charge < -0.3 is 5.32 Å². The topological polar surface area (TPSA) is 42.0 Å². The van der Waals surface area contributed by atoms with E-state index < -0.39 is 0 Å². The van der Waals surface area contributed by atoms with Crippen molar-refractivity contribution < 1.29 is 4.79 Å². The number of rotatable bonds is 6. The number of aryl methyl sites for hydroxylation is 1. The van der Waals surface area contributed by atoms with Gasteiger partial charge in [-0.1, -0.05) is 19.4 Å². The molecule has 0 radical (unpaired) electrons. The minimum Gasteiger partial charge on any atom is -0.356 e. The van der Waals surface area contributed by atoms with Crippen LogP contribution in [-0.4, -0.2) is 17.4 Å². The van der Waals surface area contributed by atoms with Gasteiger partial charge in [0.25, 0.3) is 0 Å².